The van der Waals surface area contributed by atoms with Crippen LogP contribution >= 0.6 is 11.6 Å². The van der Waals surface area contributed by atoms with E-state index in [-0.39, 0.29) is 11.9 Å². The molecule has 2 rings (SSSR count). The summed E-state index contributed by atoms with van der Waals surface area (Å²) in [6.07, 6.45) is 0.985. The maximum Gasteiger partial charge on any atom is 0.193 e. The molecular weight excluding hydrogens is 265 g/mol. The van der Waals surface area contributed by atoms with E-state index in [0.717, 1.165) is 18.5 Å². The summed E-state index contributed by atoms with van der Waals surface area (Å²) in [6, 6.07) is 8.55. The summed E-state index contributed by atoms with van der Waals surface area (Å²) in [5.41, 5.74) is 1.47. The van der Waals surface area contributed by atoms with Crippen LogP contribution in [0, 0.1) is 12.7 Å². The molecule has 2 nitrogen and oxygen atoms in total. The molecule has 0 bridgehead atoms. The minimum atomic E-state index is -0.210. The molecule has 1 heterocycles. The van der Waals surface area contributed by atoms with Crippen molar-refractivity contribution in [1.82, 2.24) is 5.32 Å². The summed E-state index contributed by atoms with van der Waals surface area (Å²) in [4.78, 5) is 0. The topological polar surface area (TPSA) is 25.2 Å². The van der Waals surface area contributed by atoms with Crippen molar-refractivity contribution in [2.24, 2.45) is 0 Å². The van der Waals surface area contributed by atoms with Gasteiger partial charge in [0, 0.05) is 0 Å². The van der Waals surface area contributed by atoms with E-state index in [1.165, 1.54) is 0 Å². The van der Waals surface area contributed by atoms with Gasteiger partial charge in [0.05, 0.1) is 6.04 Å². The van der Waals surface area contributed by atoms with Gasteiger partial charge in [-0.1, -0.05) is 19.1 Å². The van der Waals surface area contributed by atoms with Crippen molar-refractivity contribution in [1.29, 1.82) is 0 Å². The summed E-state index contributed by atoms with van der Waals surface area (Å²) in [5.74, 6) is 0.486. The van der Waals surface area contributed by atoms with E-state index in [1.807, 2.05) is 12.1 Å². The number of halogens is 2. The van der Waals surface area contributed by atoms with E-state index in [2.05, 4.69) is 12.2 Å². The van der Waals surface area contributed by atoms with Gasteiger partial charge in [0.25, 0.3) is 0 Å². The number of aryl methyl sites for hydroxylation is 1. The number of nitrogens with one attached hydrogen (secondary N) is 1. The summed E-state index contributed by atoms with van der Waals surface area (Å²) < 4.78 is 19.1. The molecule has 1 atom stereocenters. The second-order valence-corrected chi connectivity index (χ2v) is 4.91. The zero-order valence-corrected chi connectivity index (χ0v) is 11.8. The lowest BCUT2D eigenvalue weighted by Gasteiger charge is -2.17. The Hall–Kier alpha value is -1.32. The first-order valence-corrected chi connectivity index (χ1v) is 6.74. The third-order valence-corrected chi connectivity index (χ3v) is 3.21. The monoisotopic (exact) mass is 281 g/mol. The summed E-state index contributed by atoms with van der Waals surface area (Å²) in [7, 11) is 0. The van der Waals surface area contributed by atoms with E-state index in [4.69, 9.17) is 16.0 Å². The van der Waals surface area contributed by atoms with Gasteiger partial charge >= 0.3 is 0 Å². The van der Waals surface area contributed by atoms with Crippen molar-refractivity contribution < 1.29 is 8.81 Å². The normalized spacial score (nSPS) is 12.6. The Morgan fingerprint density at radius 1 is 1.32 bits per heavy atom. The molecule has 0 aliphatic rings. The lowest BCUT2D eigenvalue weighted by atomic mass is 10.0. The Morgan fingerprint density at radius 3 is 2.68 bits per heavy atom. The van der Waals surface area contributed by atoms with E-state index in [9.17, 15) is 4.39 Å². The molecule has 1 unspecified atom stereocenters. The second kappa shape index (κ2) is 6.22. The van der Waals surface area contributed by atoms with Crippen molar-refractivity contribution in [2.45, 2.75) is 26.3 Å². The molecule has 1 N–H and O–H groups in total. The minimum Gasteiger partial charge on any atom is -0.448 e. The molecule has 0 fully saturated rings. The fourth-order valence-electron chi connectivity index (χ4n) is 1.94. The predicted octanol–water partition coefficient (Wildman–Crippen LogP) is 4.47. The van der Waals surface area contributed by atoms with Crippen molar-refractivity contribution in [3.63, 3.8) is 0 Å². The van der Waals surface area contributed by atoms with Gasteiger partial charge in [-0.3, -0.25) is 0 Å². The van der Waals surface area contributed by atoms with E-state index >= 15 is 0 Å². The maximum absolute atomic E-state index is 13.7. The first-order chi connectivity index (χ1) is 9.11. The molecule has 102 valence electrons. The van der Waals surface area contributed by atoms with Crippen LogP contribution in [0.15, 0.2) is 34.7 Å². The quantitative estimate of drug-likeness (QED) is 0.875. The van der Waals surface area contributed by atoms with E-state index < -0.39 is 0 Å². The highest BCUT2D eigenvalue weighted by Gasteiger charge is 2.18. The van der Waals surface area contributed by atoms with Gasteiger partial charge in [-0.2, -0.15) is 0 Å². The van der Waals surface area contributed by atoms with Gasteiger partial charge in [0.2, 0.25) is 0 Å². The zero-order valence-electron chi connectivity index (χ0n) is 11.0. The largest absolute Gasteiger partial charge is 0.448 e. The van der Waals surface area contributed by atoms with Crippen LogP contribution in [-0.4, -0.2) is 6.54 Å². The number of hydrogen-bond donors (Lipinski definition) is 1. The molecule has 0 radical (unpaired) electrons. The average molecular weight is 282 g/mol. The van der Waals surface area contributed by atoms with Crippen LogP contribution in [0.1, 0.15) is 36.3 Å². The Bertz CT molecular complexity index is 553. The van der Waals surface area contributed by atoms with Crippen molar-refractivity contribution in [3.8, 4) is 0 Å². The summed E-state index contributed by atoms with van der Waals surface area (Å²) in [6.45, 7) is 4.64. The highest BCUT2D eigenvalue weighted by Crippen LogP contribution is 2.27. The van der Waals surface area contributed by atoms with Gasteiger partial charge in [-0.15, -0.1) is 0 Å². The third-order valence-electron chi connectivity index (χ3n) is 3.01. The van der Waals surface area contributed by atoms with Crippen LogP contribution in [0.5, 0.6) is 0 Å². The Balaban J connectivity index is 2.33. The fraction of sp³-hybridized carbons (Fsp3) is 0.333. The van der Waals surface area contributed by atoms with Gasteiger partial charge in [0.15, 0.2) is 5.22 Å². The Kier molecular flexibility index (Phi) is 4.61. The molecule has 0 saturated heterocycles. The van der Waals surface area contributed by atoms with Crippen LogP contribution < -0.4 is 5.32 Å². The number of benzene rings is 1. The highest BCUT2D eigenvalue weighted by molar-refractivity contribution is 6.28. The lowest BCUT2D eigenvalue weighted by molar-refractivity contribution is 0.446. The molecule has 0 aliphatic heterocycles. The molecule has 19 heavy (non-hydrogen) atoms. The maximum atomic E-state index is 13.7. The van der Waals surface area contributed by atoms with Crippen molar-refractivity contribution >= 4 is 11.6 Å². The van der Waals surface area contributed by atoms with Gasteiger partial charge in [0.1, 0.15) is 11.6 Å². The van der Waals surface area contributed by atoms with Gasteiger partial charge in [-0.05, 0) is 60.8 Å². The molecule has 0 amide bonds. The highest BCUT2D eigenvalue weighted by atomic mass is 35.5. The smallest absolute Gasteiger partial charge is 0.193 e. The van der Waals surface area contributed by atoms with Crippen LogP contribution in [-0.2, 0) is 0 Å². The SMILES string of the molecule is CCCNC(c1ccc(C)c(F)c1)c1ccc(Cl)o1. The molecule has 1 aromatic heterocycles. The third kappa shape index (κ3) is 3.37. The van der Waals surface area contributed by atoms with Gasteiger partial charge < -0.3 is 9.73 Å². The van der Waals surface area contributed by atoms with E-state index in [0.29, 0.717) is 16.5 Å². The van der Waals surface area contributed by atoms with Crippen molar-refractivity contribution in [3.05, 3.63) is 58.3 Å². The van der Waals surface area contributed by atoms with Crippen LogP contribution in [0.2, 0.25) is 5.22 Å². The molecule has 0 saturated carbocycles. The second-order valence-electron chi connectivity index (χ2n) is 4.54. The van der Waals surface area contributed by atoms with Crippen LogP contribution in [0.3, 0.4) is 0 Å². The molecule has 0 spiro atoms. The predicted molar refractivity (Wildman–Crippen MR) is 75.0 cm³/mol. The zero-order chi connectivity index (χ0) is 13.8. The lowest BCUT2D eigenvalue weighted by Crippen LogP contribution is -2.23. The number of rotatable bonds is 5. The Labute approximate surface area is 117 Å². The van der Waals surface area contributed by atoms with Gasteiger partial charge in [-0.25, -0.2) is 4.39 Å². The van der Waals surface area contributed by atoms with E-state index in [1.54, 1.807) is 25.1 Å². The first-order valence-electron chi connectivity index (χ1n) is 6.36. The molecule has 1 aromatic carbocycles. The van der Waals surface area contributed by atoms with Crippen LogP contribution in [0.4, 0.5) is 4.39 Å². The molecule has 0 aliphatic carbocycles. The van der Waals surface area contributed by atoms with Crippen LogP contribution in [0.25, 0.3) is 0 Å². The standard InChI is InChI=1S/C15H17ClFNO/c1-3-8-18-15(13-6-7-14(16)19-13)11-5-4-10(2)12(17)9-11/h4-7,9,15,18H,3,8H2,1-2H3. The number of hydrogen-bond acceptors (Lipinski definition) is 2. The molecule has 2 aromatic rings. The minimum absolute atomic E-state index is 0.178. The van der Waals surface area contributed by atoms with Crippen molar-refractivity contribution in [2.75, 3.05) is 6.54 Å². The summed E-state index contributed by atoms with van der Waals surface area (Å²) in [5, 5.41) is 3.68. The first kappa shape index (κ1) is 14.1. The molecule has 4 heteroatoms. The average Bonchev–Trinajstić information content (AvgIpc) is 2.80. The number of furan rings is 1. The summed E-state index contributed by atoms with van der Waals surface area (Å²) >= 11 is 5.81. The Morgan fingerprint density at radius 2 is 2.11 bits per heavy atom. The fourth-order valence-corrected chi connectivity index (χ4v) is 2.10. The molecular formula is C15H17ClFNO.